The zero-order valence-electron chi connectivity index (χ0n) is 19.5. The summed E-state index contributed by atoms with van der Waals surface area (Å²) < 4.78 is 34.2. The summed E-state index contributed by atoms with van der Waals surface area (Å²) >= 11 is 13.6. The van der Waals surface area contributed by atoms with Crippen molar-refractivity contribution in [1.29, 1.82) is 0 Å². The van der Waals surface area contributed by atoms with Crippen molar-refractivity contribution in [3.05, 3.63) is 56.8 Å². The molecule has 3 aromatic rings. The largest absolute Gasteiger partial charge is 0.468 e. The number of carbonyl (C=O) groups excluding carboxylic acids is 2. The van der Waals surface area contributed by atoms with Gasteiger partial charge < -0.3 is 9.30 Å². The van der Waals surface area contributed by atoms with Crippen LogP contribution < -0.4 is 4.80 Å². The van der Waals surface area contributed by atoms with Gasteiger partial charge in [0, 0.05) is 23.7 Å². The van der Waals surface area contributed by atoms with Crippen LogP contribution in [0.2, 0.25) is 10.0 Å². The summed E-state index contributed by atoms with van der Waals surface area (Å²) in [7, 11) is -2.40. The number of rotatable bonds is 9. The minimum Gasteiger partial charge on any atom is -0.468 e. The van der Waals surface area contributed by atoms with Gasteiger partial charge in [-0.1, -0.05) is 54.8 Å². The Kier molecular flexibility index (Phi) is 9.11. The molecule has 0 bridgehead atoms. The van der Waals surface area contributed by atoms with Crippen LogP contribution in [-0.2, 0) is 26.1 Å². The van der Waals surface area contributed by atoms with Crippen molar-refractivity contribution in [1.82, 2.24) is 8.87 Å². The molecule has 3 rings (SSSR count). The van der Waals surface area contributed by atoms with Crippen LogP contribution in [0.3, 0.4) is 0 Å². The number of hydrogen-bond donors (Lipinski definition) is 0. The van der Waals surface area contributed by atoms with Gasteiger partial charge in [-0.15, -0.1) is 0 Å². The molecule has 0 radical (unpaired) electrons. The molecule has 0 atom stereocenters. The molecule has 35 heavy (non-hydrogen) atoms. The van der Waals surface area contributed by atoms with Crippen molar-refractivity contribution in [3.8, 4) is 0 Å². The number of hydrogen-bond acceptors (Lipinski definition) is 6. The second kappa shape index (κ2) is 11.7. The highest BCUT2D eigenvalue weighted by molar-refractivity contribution is 7.89. The molecule has 0 saturated heterocycles. The molecule has 12 heteroatoms. The first-order valence-electron chi connectivity index (χ1n) is 10.9. The van der Waals surface area contributed by atoms with E-state index in [4.69, 9.17) is 27.9 Å². The lowest BCUT2D eigenvalue weighted by molar-refractivity contribution is -0.141. The van der Waals surface area contributed by atoms with Crippen LogP contribution in [0.25, 0.3) is 10.2 Å². The Morgan fingerprint density at radius 1 is 1.14 bits per heavy atom. The minimum absolute atomic E-state index is 0.107. The highest BCUT2D eigenvalue weighted by Gasteiger charge is 2.23. The van der Waals surface area contributed by atoms with Crippen LogP contribution in [0.15, 0.2) is 46.3 Å². The van der Waals surface area contributed by atoms with E-state index in [1.165, 1.54) is 46.3 Å². The fourth-order valence-corrected chi connectivity index (χ4v) is 6.71. The average Bonchev–Trinajstić information content (AvgIpc) is 3.15. The molecular weight excluding hydrogens is 533 g/mol. The standard InChI is InChI=1S/C23H25Cl2N3O5S2/c1-4-6-11-27(5-2)35(31,32)17-9-7-15(8-10-17)22(30)26-23-28(14-20(29)33-3)21-18(25)12-16(24)13-19(21)34-23/h7-10,12-13H,4-6,11,14H2,1-3H3. The van der Waals surface area contributed by atoms with Crippen molar-refractivity contribution < 1.29 is 22.7 Å². The van der Waals surface area contributed by atoms with Gasteiger partial charge in [0.2, 0.25) is 10.0 Å². The third-order valence-electron chi connectivity index (χ3n) is 5.26. The molecule has 1 heterocycles. The van der Waals surface area contributed by atoms with Crippen molar-refractivity contribution in [2.45, 2.75) is 38.1 Å². The Morgan fingerprint density at radius 2 is 1.83 bits per heavy atom. The Bertz CT molecular complexity index is 1410. The van der Waals surface area contributed by atoms with E-state index in [0.29, 0.717) is 33.4 Å². The van der Waals surface area contributed by atoms with Gasteiger partial charge in [0.15, 0.2) is 4.80 Å². The maximum Gasteiger partial charge on any atom is 0.325 e. The van der Waals surface area contributed by atoms with Crippen molar-refractivity contribution in [2.75, 3.05) is 20.2 Å². The van der Waals surface area contributed by atoms with Crippen molar-refractivity contribution in [3.63, 3.8) is 0 Å². The number of halogens is 2. The number of ether oxygens (including phenoxy) is 1. The number of benzene rings is 2. The molecule has 0 N–H and O–H groups in total. The summed E-state index contributed by atoms with van der Waals surface area (Å²) in [6.07, 6.45) is 1.64. The summed E-state index contributed by atoms with van der Waals surface area (Å²) in [6.45, 7) is 4.38. The first kappa shape index (κ1) is 27.3. The summed E-state index contributed by atoms with van der Waals surface area (Å²) in [4.78, 5) is 29.4. The Hall–Kier alpha value is -2.24. The number of amides is 1. The Balaban J connectivity index is 2.00. The van der Waals surface area contributed by atoms with Gasteiger partial charge in [0.25, 0.3) is 5.91 Å². The molecule has 0 saturated carbocycles. The summed E-state index contributed by atoms with van der Waals surface area (Å²) in [5.41, 5.74) is 0.706. The van der Waals surface area contributed by atoms with E-state index >= 15 is 0 Å². The van der Waals surface area contributed by atoms with Gasteiger partial charge in [-0.3, -0.25) is 9.59 Å². The average molecular weight is 559 g/mol. The topological polar surface area (TPSA) is 98.0 Å². The molecule has 1 aromatic heterocycles. The molecule has 8 nitrogen and oxygen atoms in total. The van der Waals surface area contributed by atoms with E-state index in [0.717, 1.165) is 24.2 Å². The monoisotopic (exact) mass is 557 g/mol. The fourth-order valence-electron chi connectivity index (χ4n) is 3.41. The van der Waals surface area contributed by atoms with Crippen LogP contribution in [0.5, 0.6) is 0 Å². The predicted octanol–water partition coefficient (Wildman–Crippen LogP) is 4.73. The zero-order chi connectivity index (χ0) is 25.8. The van der Waals surface area contributed by atoms with E-state index < -0.39 is 21.9 Å². The molecule has 1 amide bonds. The van der Waals surface area contributed by atoms with Crippen LogP contribution >= 0.6 is 34.5 Å². The highest BCUT2D eigenvalue weighted by atomic mass is 35.5. The van der Waals surface area contributed by atoms with E-state index in [-0.39, 0.29) is 21.8 Å². The third kappa shape index (κ3) is 6.13. The zero-order valence-corrected chi connectivity index (χ0v) is 22.6. The number of sulfonamides is 1. The van der Waals surface area contributed by atoms with Gasteiger partial charge >= 0.3 is 5.97 Å². The maximum atomic E-state index is 12.9. The molecular formula is C23H25Cl2N3O5S2. The molecule has 0 fully saturated rings. The van der Waals surface area contributed by atoms with Crippen LogP contribution in [0, 0.1) is 0 Å². The minimum atomic E-state index is -3.66. The van der Waals surface area contributed by atoms with Gasteiger partial charge in [-0.05, 0) is 42.8 Å². The third-order valence-corrected chi connectivity index (χ3v) is 8.78. The summed E-state index contributed by atoms with van der Waals surface area (Å²) in [5, 5.41) is 0.711. The van der Waals surface area contributed by atoms with Gasteiger partial charge in [-0.2, -0.15) is 9.30 Å². The highest BCUT2D eigenvalue weighted by Crippen LogP contribution is 2.30. The number of carbonyl (C=O) groups is 2. The number of fused-ring (bicyclic) bond motifs is 1. The van der Waals surface area contributed by atoms with Crippen molar-refractivity contribution >= 4 is 66.7 Å². The fraction of sp³-hybridized carbons (Fsp3) is 0.348. The molecule has 188 valence electrons. The lowest BCUT2D eigenvalue weighted by Gasteiger charge is -2.20. The Labute approximate surface area is 217 Å². The maximum absolute atomic E-state index is 12.9. The molecule has 0 aliphatic rings. The SMILES string of the molecule is CCCCN(CC)S(=O)(=O)c1ccc(C(=O)N=c2sc3cc(Cl)cc(Cl)c3n2CC(=O)OC)cc1. The number of unbranched alkanes of at least 4 members (excludes halogenated alkanes) is 1. The molecule has 0 spiro atoms. The van der Waals surface area contributed by atoms with E-state index in [1.54, 1.807) is 13.0 Å². The van der Waals surface area contributed by atoms with E-state index in [1.807, 2.05) is 6.92 Å². The predicted molar refractivity (Wildman–Crippen MR) is 138 cm³/mol. The van der Waals surface area contributed by atoms with Crippen molar-refractivity contribution in [2.24, 2.45) is 4.99 Å². The lowest BCUT2D eigenvalue weighted by atomic mass is 10.2. The number of nitrogens with zero attached hydrogens (tertiary/aromatic N) is 3. The molecule has 0 aliphatic carbocycles. The van der Waals surface area contributed by atoms with Crippen LogP contribution in [0.1, 0.15) is 37.0 Å². The van der Waals surface area contributed by atoms with Gasteiger partial charge in [-0.25, -0.2) is 8.42 Å². The van der Waals surface area contributed by atoms with Gasteiger partial charge in [0.1, 0.15) is 6.54 Å². The van der Waals surface area contributed by atoms with Crippen LogP contribution in [-0.4, -0.2) is 49.4 Å². The number of methoxy groups -OCH3 is 1. The number of aromatic nitrogens is 1. The molecule has 0 unspecified atom stereocenters. The smallest absolute Gasteiger partial charge is 0.325 e. The second-order valence-corrected chi connectivity index (χ2v) is 11.4. The van der Waals surface area contributed by atoms with Crippen LogP contribution in [0.4, 0.5) is 0 Å². The quantitative estimate of drug-likeness (QED) is 0.354. The Morgan fingerprint density at radius 3 is 2.43 bits per heavy atom. The summed E-state index contributed by atoms with van der Waals surface area (Å²) in [5.74, 6) is -1.14. The second-order valence-electron chi connectivity index (χ2n) is 7.57. The summed E-state index contributed by atoms with van der Waals surface area (Å²) in [6, 6.07) is 8.86. The van der Waals surface area contributed by atoms with E-state index in [2.05, 4.69) is 4.99 Å². The molecule has 0 aliphatic heterocycles. The first-order valence-corrected chi connectivity index (χ1v) is 13.9. The first-order chi connectivity index (χ1) is 16.6. The van der Waals surface area contributed by atoms with Gasteiger partial charge in [0.05, 0.1) is 27.2 Å². The number of esters is 1. The lowest BCUT2D eigenvalue weighted by Crippen LogP contribution is -2.31. The normalized spacial score (nSPS) is 12.5. The van der Waals surface area contributed by atoms with E-state index in [9.17, 15) is 18.0 Å². The number of thiazole rings is 1. The molecule has 2 aromatic carbocycles.